The molecule has 1 rings (SSSR count). The molecule has 1 aliphatic rings. The fourth-order valence-corrected chi connectivity index (χ4v) is 2.66. The first-order valence-corrected chi connectivity index (χ1v) is 6.08. The van der Waals surface area contributed by atoms with E-state index in [4.69, 9.17) is 0 Å². The van der Waals surface area contributed by atoms with E-state index in [9.17, 15) is 0 Å². The van der Waals surface area contributed by atoms with Crippen LogP contribution < -0.4 is 0 Å². The van der Waals surface area contributed by atoms with Gasteiger partial charge in [-0.2, -0.15) is 0 Å². The Bertz CT molecular complexity index is 174. The topological polar surface area (TPSA) is 3.24 Å². The smallest absolute Gasteiger partial charge is 0.00196 e. The lowest BCUT2D eigenvalue weighted by Gasteiger charge is -2.26. The van der Waals surface area contributed by atoms with Gasteiger partial charge in [-0.1, -0.05) is 20.8 Å². The van der Waals surface area contributed by atoms with Crippen molar-refractivity contribution in [1.82, 2.24) is 4.90 Å². The molecule has 0 aliphatic heterocycles. The molecule has 0 aromatic heterocycles. The molecule has 2 unspecified atom stereocenters. The van der Waals surface area contributed by atoms with Gasteiger partial charge < -0.3 is 4.90 Å². The van der Waals surface area contributed by atoms with Crippen molar-refractivity contribution in [2.45, 2.75) is 46.5 Å². The molecule has 2 atom stereocenters. The van der Waals surface area contributed by atoms with Crippen LogP contribution in [0.15, 0.2) is 0 Å². The van der Waals surface area contributed by atoms with Gasteiger partial charge >= 0.3 is 0 Å². The van der Waals surface area contributed by atoms with E-state index in [1.54, 1.807) is 0 Å². The van der Waals surface area contributed by atoms with Gasteiger partial charge in [-0.25, -0.2) is 0 Å². The molecule has 84 valence electrons. The number of rotatable bonds is 4. The van der Waals surface area contributed by atoms with E-state index in [1.807, 2.05) is 0 Å². The first-order valence-electron chi connectivity index (χ1n) is 6.08. The molecule has 0 bridgehead atoms. The van der Waals surface area contributed by atoms with Crippen LogP contribution >= 0.6 is 0 Å². The van der Waals surface area contributed by atoms with Crippen LogP contribution in [0.2, 0.25) is 0 Å². The molecular weight excluding hydrogens is 170 g/mol. The van der Waals surface area contributed by atoms with E-state index in [1.165, 1.54) is 32.2 Å². The molecule has 0 heterocycles. The Morgan fingerprint density at radius 3 is 2.43 bits per heavy atom. The average molecular weight is 197 g/mol. The monoisotopic (exact) mass is 197 g/mol. The molecule has 0 spiro atoms. The summed E-state index contributed by atoms with van der Waals surface area (Å²) in [6, 6.07) is 0. The van der Waals surface area contributed by atoms with Gasteiger partial charge in [0.05, 0.1) is 0 Å². The van der Waals surface area contributed by atoms with Crippen LogP contribution in [0.25, 0.3) is 0 Å². The van der Waals surface area contributed by atoms with E-state index in [2.05, 4.69) is 39.8 Å². The van der Waals surface area contributed by atoms with E-state index in [-0.39, 0.29) is 0 Å². The Balaban J connectivity index is 2.37. The van der Waals surface area contributed by atoms with Crippen LogP contribution in [-0.4, -0.2) is 25.5 Å². The molecule has 0 aromatic rings. The molecule has 0 saturated heterocycles. The molecule has 0 radical (unpaired) electrons. The van der Waals surface area contributed by atoms with Gasteiger partial charge in [-0.3, -0.25) is 0 Å². The minimum absolute atomic E-state index is 0.638. The lowest BCUT2D eigenvalue weighted by molar-refractivity contribution is 0.239. The number of nitrogens with zero attached hydrogens (tertiary/aromatic N) is 1. The molecular formula is C13H27N. The molecule has 1 heteroatoms. The summed E-state index contributed by atoms with van der Waals surface area (Å²) in [5.74, 6) is 1.87. The van der Waals surface area contributed by atoms with Crippen molar-refractivity contribution in [2.75, 3.05) is 20.6 Å². The summed E-state index contributed by atoms with van der Waals surface area (Å²) in [5, 5.41) is 0. The Labute approximate surface area is 89.9 Å². The maximum absolute atomic E-state index is 2.48. The zero-order chi connectivity index (χ0) is 10.8. The Morgan fingerprint density at radius 1 is 1.36 bits per heavy atom. The van der Waals surface area contributed by atoms with Crippen LogP contribution in [-0.2, 0) is 0 Å². The molecule has 0 N–H and O–H groups in total. The van der Waals surface area contributed by atoms with Crippen molar-refractivity contribution >= 4 is 0 Å². The van der Waals surface area contributed by atoms with Gasteiger partial charge in [0.1, 0.15) is 0 Å². The van der Waals surface area contributed by atoms with Crippen molar-refractivity contribution in [3.63, 3.8) is 0 Å². The molecule has 1 aliphatic carbocycles. The van der Waals surface area contributed by atoms with Gasteiger partial charge in [0.25, 0.3) is 0 Å². The summed E-state index contributed by atoms with van der Waals surface area (Å²) in [6.07, 6.45) is 5.74. The van der Waals surface area contributed by atoms with Gasteiger partial charge in [0.15, 0.2) is 0 Å². The zero-order valence-corrected chi connectivity index (χ0v) is 10.6. The quantitative estimate of drug-likeness (QED) is 0.667. The van der Waals surface area contributed by atoms with Crippen LogP contribution in [0.1, 0.15) is 46.5 Å². The van der Waals surface area contributed by atoms with Crippen molar-refractivity contribution in [2.24, 2.45) is 17.3 Å². The van der Waals surface area contributed by atoms with Crippen LogP contribution in [0, 0.1) is 17.3 Å². The van der Waals surface area contributed by atoms with Crippen molar-refractivity contribution in [3.8, 4) is 0 Å². The minimum Gasteiger partial charge on any atom is -0.309 e. The lowest BCUT2D eigenvalue weighted by Crippen LogP contribution is -2.22. The fraction of sp³-hybridized carbons (Fsp3) is 1.00. The van der Waals surface area contributed by atoms with E-state index < -0.39 is 0 Å². The molecule has 1 saturated carbocycles. The summed E-state index contributed by atoms with van der Waals surface area (Å²) in [7, 11) is 4.36. The summed E-state index contributed by atoms with van der Waals surface area (Å²) in [4.78, 5) is 2.31. The maximum Gasteiger partial charge on any atom is -0.00196 e. The minimum atomic E-state index is 0.638. The van der Waals surface area contributed by atoms with Gasteiger partial charge in [0.2, 0.25) is 0 Å². The summed E-state index contributed by atoms with van der Waals surface area (Å²) in [5.41, 5.74) is 0.638. The number of hydrogen-bond acceptors (Lipinski definition) is 1. The zero-order valence-electron chi connectivity index (χ0n) is 10.6. The molecule has 0 amide bonds. The molecule has 0 aromatic carbocycles. The fourth-order valence-electron chi connectivity index (χ4n) is 2.66. The van der Waals surface area contributed by atoms with Crippen molar-refractivity contribution in [1.29, 1.82) is 0 Å². The standard InChI is InChI=1S/C13H27N/c1-11(2)12-6-7-13(3,10-12)8-9-14(4)5/h11-12H,6-10H2,1-5H3. The van der Waals surface area contributed by atoms with Crippen LogP contribution in [0.5, 0.6) is 0 Å². The predicted molar refractivity (Wildman–Crippen MR) is 63.5 cm³/mol. The second-order valence-corrected chi connectivity index (χ2v) is 6.11. The lowest BCUT2D eigenvalue weighted by atomic mass is 9.82. The maximum atomic E-state index is 2.48. The Hall–Kier alpha value is -0.0400. The van der Waals surface area contributed by atoms with Gasteiger partial charge in [0, 0.05) is 0 Å². The summed E-state index contributed by atoms with van der Waals surface area (Å²) >= 11 is 0. The van der Waals surface area contributed by atoms with Crippen LogP contribution in [0.3, 0.4) is 0 Å². The Kier molecular flexibility index (Phi) is 4.00. The molecule has 1 nitrogen and oxygen atoms in total. The highest BCUT2D eigenvalue weighted by atomic mass is 15.0. The first kappa shape index (κ1) is 12.0. The highest BCUT2D eigenvalue weighted by Crippen LogP contribution is 2.46. The van der Waals surface area contributed by atoms with Crippen LogP contribution in [0.4, 0.5) is 0 Å². The van der Waals surface area contributed by atoms with Gasteiger partial charge in [-0.15, -0.1) is 0 Å². The van der Waals surface area contributed by atoms with Crippen molar-refractivity contribution in [3.05, 3.63) is 0 Å². The summed E-state index contributed by atoms with van der Waals surface area (Å²) < 4.78 is 0. The highest BCUT2D eigenvalue weighted by molar-refractivity contribution is 4.87. The first-order chi connectivity index (χ1) is 6.43. The van der Waals surface area contributed by atoms with Gasteiger partial charge in [-0.05, 0) is 63.6 Å². The normalized spacial score (nSPS) is 33.2. The highest BCUT2D eigenvalue weighted by Gasteiger charge is 2.35. The molecule has 14 heavy (non-hydrogen) atoms. The van der Waals surface area contributed by atoms with E-state index in [0.717, 1.165) is 11.8 Å². The van der Waals surface area contributed by atoms with E-state index in [0.29, 0.717) is 5.41 Å². The second-order valence-electron chi connectivity index (χ2n) is 6.11. The Morgan fingerprint density at radius 2 is 2.00 bits per heavy atom. The second kappa shape index (κ2) is 4.65. The third kappa shape index (κ3) is 3.27. The predicted octanol–water partition coefficient (Wildman–Crippen LogP) is 3.40. The number of hydrogen-bond donors (Lipinski definition) is 0. The van der Waals surface area contributed by atoms with E-state index >= 15 is 0 Å². The SMILES string of the molecule is CC(C)C1CCC(C)(CCN(C)C)C1. The molecule has 1 fully saturated rings. The largest absolute Gasteiger partial charge is 0.309 e. The third-order valence-corrected chi connectivity index (χ3v) is 3.98. The third-order valence-electron chi connectivity index (χ3n) is 3.98. The summed E-state index contributed by atoms with van der Waals surface area (Å²) in [6.45, 7) is 8.49. The average Bonchev–Trinajstić information content (AvgIpc) is 2.46. The van der Waals surface area contributed by atoms with Crippen molar-refractivity contribution < 1.29 is 0 Å².